The van der Waals surface area contributed by atoms with E-state index < -0.39 is 18.8 Å². The molecule has 2 rings (SSSR count). The molecule has 7 nitrogen and oxygen atoms in total. The highest BCUT2D eigenvalue weighted by molar-refractivity contribution is 6.61. The van der Waals surface area contributed by atoms with Gasteiger partial charge in [0.1, 0.15) is 11.3 Å². The number of nitrogens with one attached hydrogen (secondary N) is 1. The second kappa shape index (κ2) is 6.98. The Labute approximate surface area is 143 Å². The molecule has 0 aliphatic carbocycles. The molecule has 0 unspecified atom stereocenters. The van der Waals surface area contributed by atoms with Crippen LogP contribution < -0.4 is 15.5 Å². The number of nitrogens with zero attached hydrogens (tertiary/aromatic N) is 1. The van der Waals surface area contributed by atoms with Crippen molar-refractivity contribution in [3.63, 3.8) is 0 Å². The van der Waals surface area contributed by atoms with Crippen LogP contribution in [0.2, 0.25) is 0 Å². The number of pyridine rings is 1. The Morgan fingerprint density at radius 2 is 1.96 bits per heavy atom. The molecule has 0 saturated carbocycles. The molecule has 1 fully saturated rings. The number of amides is 1. The smallest absolute Gasteiger partial charge is 0.480 e. The standard InChI is InChI=1S/C16H25BN2O5/c1-15(2,3)24-14(20)19-12-7-11(8-18-13(12)21-6)17-22-9-16(4,5)10-23-17/h7-8H,9-10H2,1-6H3,(H,19,20). The topological polar surface area (TPSA) is 78.9 Å². The molecule has 1 aromatic heterocycles. The van der Waals surface area contributed by atoms with E-state index in [9.17, 15) is 4.79 Å². The van der Waals surface area contributed by atoms with Crippen LogP contribution in [0.3, 0.4) is 0 Å². The number of anilines is 1. The van der Waals surface area contributed by atoms with Gasteiger partial charge in [-0.05, 0) is 26.8 Å². The Hall–Kier alpha value is -1.80. The van der Waals surface area contributed by atoms with Crippen LogP contribution in [0, 0.1) is 5.41 Å². The molecular formula is C16H25BN2O5. The van der Waals surface area contributed by atoms with Crippen LogP contribution in [0.25, 0.3) is 0 Å². The van der Waals surface area contributed by atoms with Crippen LogP contribution in [-0.2, 0) is 14.0 Å². The lowest BCUT2D eigenvalue weighted by atomic mass is 9.76. The first-order valence-corrected chi connectivity index (χ1v) is 7.87. The molecule has 1 aliphatic heterocycles. The van der Waals surface area contributed by atoms with E-state index in [4.69, 9.17) is 18.8 Å². The minimum atomic E-state index is -0.594. The summed E-state index contributed by atoms with van der Waals surface area (Å²) >= 11 is 0. The van der Waals surface area contributed by atoms with E-state index in [1.165, 1.54) is 7.11 Å². The van der Waals surface area contributed by atoms with Crippen LogP contribution >= 0.6 is 0 Å². The maximum Gasteiger partial charge on any atom is 0.495 e. The van der Waals surface area contributed by atoms with Crippen molar-refractivity contribution >= 4 is 24.4 Å². The zero-order valence-corrected chi connectivity index (χ0v) is 15.1. The monoisotopic (exact) mass is 336 g/mol. The molecule has 2 heterocycles. The fourth-order valence-electron chi connectivity index (χ4n) is 2.15. The molecule has 0 spiro atoms. The van der Waals surface area contributed by atoms with Crippen molar-refractivity contribution in [3.8, 4) is 5.88 Å². The summed E-state index contributed by atoms with van der Waals surface area (Å²) in [6.45, 7) is 10.7. The van der Waals surface area contributed by atoms with Crippen molar-refractivity contribution in [1.29, 1.82) is 0 Å². The first-order chi connectivity index (χ1) is 11.1. The summed E-state index contributed by atoms with van der Waals surface area (Å²) in [5, 5.41) is 2.65. The summed E-state index contributed by atoms with van der Waals surface area (Å²) in [5.74, 6) is 0.292. The fourth-order valence-corrected chi connectivity index (χ4v) is 2.15. The molecule has 0 atom stereocenters. The van der Waals surface area contributed by atoms with Crippen LogP contribution in [0.1, 0.15) is 34.6 Å². The van der Waals surface area contributed by atoms with E-state index in [-0.39, 0.29) is 5.41 Å². The number of hydrogen-bond donors (Lipinski definition) is 1. The minimum absolute atomic E-state index is 0.0198. The molecule has 1 amide bonds. The molecule has 0 aromatic carbocycles. The molecule has 0 bridgehead atoms. The molecule has 24 heavy (non-hydrogen) atoms. The van der Waals surface area contributed by atoms with Crippen molar-refractivity contribution in [3.05, 3.63) is 12.3 Å². The Morgan fingerprint density at radius 1 is 1.33 bits per heavy atom. The van der Waals surface area contributed by atoms with Gasteiger partial charge in [0.25, 0.3) is 0 Å². The van der Waals surface area contributed by atoms with Gasteiger partial charge in [-0.3, -0.25) is 5.32 Å². The van der Waals surface area contributed by atoms with Crippen molar-refractivity contribution in [2.24, 2.45) is 5.41 Å². The van der Waals surface area contributed by atoms with Crippen molar-refractivity contribution in [1.82, 2.24) is 4.98 Å². The number of aromatic nitrogens is 1. The van der Waals surface area contributed by atoms with E-state index in [0.29, 0.717) is 30.2 Å². The van der Waals surface area contributed by atoms with Gasteiger partial charge in [-0.2, -0.15) is 0 Å². The zero-order valence-electron chi connectivity index (χ0n) is 15.1. The van der Waals surface area contributed by atoms with E-state index >= 15 is 0 Å². The summed E-state index contributed by atoms with van der Waals surface area (Å²) in [4.78, 5) is 16.2. The average molecular weight is 336 g/mol. The summed E-state index contributed by atoms with van der Waals surface area (Å²) in [6.07, 6.45) is 1.04. The second-order valence-electron chi connectivity index (χ2n) is 7.57. The van der Waals surface area contributed by atoms with Gasteiger partial charge in [0, 0.05) is 30.3 Å². The summed E-state index contributed by atoms with van der Waals surface area (Å²) < 4.78 is 21.9. The highest BCUT2D eigenvalue weighted by Gasteiger charge is 2.34. The fraction of sp³-hybridized carbons (Fsp3) is 0.625. The largest absolute Gasteiger partial charge is 0.495 e. The number of rotatable bonds is 3. The molecule has 1 aliphatic rings. The SMILES string of the molecule is COc1ncc(B2OCC(C)(C)CO2)cc1NC(=O)OC(C)(C)C. The van der Waals surface area contributed by atoms with Gasteiger partial charge in [0.05, 0.1) is 7.11 Å². The lowest BCUT2D eigenvalue weighted by Crippen LogP contribution is -2.47. The normalized spacial score (nSPS) is 17.3. The molecule has 1 N–H and O–H groups in total. The zero-order chi connectivity index (χ0) is 18.0. The molecule has 1 aromatic rings. The van der Waals surface area contributed by atoms with Crippen LogP contribution in [-0.4, -0.2) is 44.1 Å². The first-order valence-electron chi connectivity index (χ1n) is 7.87. The first kappa shape index (κ1) is 18.5. The Bertz CT molecular complexity index is 591. The van der Waals surface area contributed by atoms with Gasteiger partial charge in [-0.15, -0.1) is 0 Å². The van der Waals surface area contributed by atoms with Crippen molar-refractivity contribution in [2.75, 3.05) is 25.6 Å². The molecule has 132 valence electrons. The van der Waals surface area contributed by atoms with Crippen LogP contribution in [0.4, 0.5) is 10.5 Å². The maximum absolute atomic E-state index is 12.0. The predicted molar refractivity (Wildman–Crippen MR) is 91.7 cm³/mol. The summed E-state index contributed by atoms with van der Waals surface area (Å²) in [6, 6.07) is 1.72. The lowest BCUT2D eigenvalue weighted by molar-refractivity contribution is 0.0343. The molecule has 0 radical (unpaired) electrons. The van der Waals surface area contributed by atoms with Crippen LogP contribution in [0.5, 0.6) is 5.88 Å². The van der Waals surface area contributed by atoms with Gasteiger partial charge in [0.15, 0.2) is 0 Å². The maximum atomic E-state index is 12.0. The van der Waals surface area contributed by atoms with E-state index in [2.05, 4.69) is 24.1 Å². The quantitative estimate of drug-likeness (QED) is 0.853. The lowest BCUT2D eigenvalue weighted by Gasteiger charge is -2.33. The van der Waals surface area contributed by atoms with Crippen LogP contribution in [0.15, 0.2) is 12.3 Å². The average Bonchev–Trinajstić information content (AvgIpc) is 2.45. The van der Waals surface area contributed by atoms with Gasteiger partial charge in [-0.25, -0.2) is 9.78 Å². The van der Waals surface area contributed by atoms with E-state index in [0.717, 1.165) is 0 Å². The Kier molecular flexibility index (Phi) is 5.40. The Morgan fingerprint density at radius 3 is 2.50 bits per heavy atom. The minimum Gasteiger partial charge on any atom is -0.480 e. The third-order valence-electron chi connectivity index (χ3n) is 3.22. The number of hydrogen-bond acceptors (Lipinski definition) is 6. The summed E-state index contributed by atoms with van der Waals surface area (Å²) in [7, 11) is 0.967. The van der Waals surface area contributed by atoms with Gasteiger partial charge in [-0.1, -0.05) is 13.8 Å². The highest BCUT2D eigenvalue weighted by atomic mass is 16.6. The molecular weight excluding hydrogens is 311 g/mol. The van der Waals surface area contributed by atoms with Gasteiger partial charge >= 0.3 is 13.2 Å². The van der Waals surface area contributed by atoms with Crippen molar-refractivity contribution < 1.29 is 23.6 Å². The summed E-state index contributed by atoms with van der Waals surface area (Å²) in [5.41, 5.74) is 0.496. The second-order valence-corrected chi connectivity index (χ2v) is 7.57. The number of ether oxygens (including phenoxy) is 2. The highest BCUT2D eigenvalue weighted by Crippen LogP contribution is 2.24. The number of methoxy groups -OCH3 is 1. The third-order valence-corrected chi connectivity index (χ3v) is 3.22. The predicted octanol–water partition coefficient (Wildman–Crippen LogP) is 2.21. The van der Waals surface area contributed by atoms with Gasteiger partial charge in [0.2, 0.25) is 5.88 Å². The van der Waals surface area contributed by atoms with E-state index in [1.54, 1.807) is 33.0 Å². The van der Waals surface area contributed by atoms with E-state index in [1.807, 2.05) is 0 Å². The molecule has 8 heteroatoms. The number of carbonyl (C=O) groups is 1. The van der Waals surface area contributed by atoms with Crippen molar-refractivity contribution in [2.45, 2.75) is 40.2 Å². The molecule has 1 saturated heterocycles. The Balaban J connectivity index is 2.14. The number of carbonyl (C=O) groups excluding carboxylic acids is 1. The van der Waals surface area contributed by atoms with Gasteiger partial charge < -0.3 is 18.8 Å². The third kappa shape index (κ3) is 5.11.